The predicted molar refractivity (Wildman–Crippen MR) is 119 cm³/mol. The molecule has 5 rings (SSSR count). The van der Waals surface area contributed by atoms with Crippen LogP contribution in [0, 0.1) is 0 Å². The largest absolute Gasteiger partial charge is 0.573 e. The van der Waals surface area contributed by atoms with E-state index in [2.05, 4.69) is 14.7 Å². The number of hydrogen-bond donors (Lipinski definition) is 1. The second-order valence-corrected chi connectivity index (χ2v) is 9.16. The number of hydrogen-bond acceptors (Lipinski definition) is 5. The third-order valence-electron chi connectivity index (χ3n) is 5.46. The molecule has 0 bridgehead atoms. The molecule has 1 N–H and O–H groups in total. The number of rotatable bonds is 3. The van der Waals surface area contributed by atoms with Crippen LogP contribution in [0.2, 0.25) is 5.02 Å². The number of halogens is 4. The van der Waals surface area contributed by atoms with Crippen molar-refractivity contribution in [1.82, 2.24) is 9.97 Å². The summed E-state index contributed by atoms with van der Waals surface area (Å²) in [5.74, 6) is -0.715. The van der Waals surface area contributed by atoms with Gasteiger partial charge in [0.25, 0.3) is 0 Å². The van der Waals surface area contributed by atoms with Crippen molar-refractivity contribution < 1.29 is 22.7 Å². The Bertz CT molecular complexity index is 1440. The molecule has 0 saturated carbocycles. The maximum atomic E-state index is 12.9. The number of carbonyl (C=O) groups is 1. The summed E-state index contributed by atoms with van der Waals surface area (Å²) < 4.78 is 41.0. The first-order valence-electron chi connectivity index (χ1n) is 9.87. The highest BCUT2D eigenvalue weighted by molar-refractivity contribution is 7.15. The molecule has 0 radical (unpaired) electrons. The Morgan fingerprint density at radius 2 is 1.85 bits per heavy atom. The van der Waals surface area contributed by atoms with E-state index in [1.807, 2.05) is 0 Å². The van der Waals surface area contributed by atoms with Crippen molar-refractivity contribution in [2.45, 2.75) is 25.1 Å². The Kier molecular flexibility index (Phi) is 5.25. The molecule has 0 aliphatic heterocycles. The Labute approximate surface area is 193 Å². The lowest BCUT2D eigenvalue weighted by Crippen LogP contribution is -2.27. The number of carbonyl (C=O) groups excluding carboxylic acids is 1. The number of pyridine rings is 1. The number of aromatic amines is 1. The highest BCUT2D eigenvalue weighted by atomic mass is 35.5. The molecule has 2 aromatic carbocycles. The predicted octanol–water partition coefficient (Wildman–Crippen LogP) is 6.12. The minimum absolute atomic E-state index is 0.163. The van der Waals surface area contributed by atoms with Gasteiger partial charge in [0.05, 0.1) is 5.56 Å². The van der Waals surface area contributed by atoms with Crippen LogP contribution in [0.1, 0.15) is 33.3 Å². The zero-order valence-electron chi connectivity index (χ0n) is 16.7. The van der Waals surface area contributed by atoms with Gasteiger partial charge in [0, 0.05) is 50.6 Å². The van der Waals surface area contributed by atoms with E-state index < -0.39 is 6.36 Å². The van der Waals surface area contributed by atoms with Crippen LogP contribution in [-0.2, 0) is 6.42 Å². The van der Waals surface area contributed by atoms with Gasteiger partial charge in [-0.1, -0.05) is 11.6 Å². The fourth-order valence-corrected chi connectivity index (χ4v) is 5.21. The third kappa shape index (κ3) is 4.26. The molecule has 5 nitrogen and oxygen atoms in total. The molecular weight excluding hydrogens is 477 g/mol. The number of H-pyrrole nitrogens is 1. The molecule has 0 fully saturated rings. The molecule has 0 amide bonds. The lowest BCUT2D eigenvalue weighted by Gasteiger charge is -2.22. The van der Waals surface area contributed by atoms with Gasteiger partial charge in [-0.05, 0) is 48.9 Å². The van der Waals surface area contributed by atoms with E-state index in [0.717, 1.165) is 4.88 Å². The van der Waals surface area contributed by atoms with Crippen LogP contribution in [0.3, 0.4) is 0 Å². The second kappa shape index (κ2) is 8.00. The summed E-state index contributed by atoms with van der Waals surface area (Å²) in [7, 11) is 0. The van der Waals surface area contributed by atoms with E-state index in [1.165, 1.54) is 35.6 Å². The maximum Gasteiger partial charge on any atom is 0.573 e. The molecule has 1 aliphatic rings. The van der Waals surface area contributed by atoms with Crippen molar-refractivity contribution in [3.63, 3.8) is 0 Å². The lowest BCUT2D eigenvalue weighted by molar-refractivity contribution is -0.274. The van der Waals surface area contributed by atoms with E-state index in [4.69, 9.17) is 11.6 Å². The Morgan fingerprint density at radius 1 is 1.09 bits per heavy atom. The van der Waals surface area contributed by atoms with E-state index in [1.54, 1.807) is 24.4 Å². The number of thiazole rings is 1. The molecule has 4 aromatic rings. The monoisotopic (exact) mass is 490 g/mol. The van der Waals surface area contributed by atoms with Crippen molar-refractivity contribution in [2.24, 2.45) is 0 Å². The van der Waals surface area contributed by atoms with Gasteiger partial charge in [-0.25, -0.2) is 4.98 Å². The maximum absolute atomic E-state index is 12.9. The van der Waals surface area contributed by atoms with Gasteiger partial charge >= 0.3 is 6.36 Å². The number of aromatic nitrogens is 2. The van der Waals surface area contributed by atoms with Crippen LogP contribution < -0.4 is 10.2 Å². The number of benzene rings is 2. The standard InChI is InChI=1S/C23H14ClF3N2O3S/c24-13-3-6-16-15(9-13)21(31)20-17(29-16)7-12(8-18(20)30)19-10-28-22(33-19)11-1-4-14(5-2-11)32-23(25,26)27/h1-6,9-10,12H,7-8H2,(H,29,31). The zero-order valence-corrected chi connectivity index (χ0v) is 18.3. The quantitative estimate of drug-likeness (QED) is 0.376. The van der Waals surface area contributed by atoms with Crippen molar-refractivity contribution >= 4 is 39.6 Å². The number of ether oxygens (including phenoxy) is 1. The van der Waals surface area contributed by atoms with Gasteiger partial charge in [0.2, 0.25) is 5.43 Å². The van der Waals surface area contributed by atoms with Gasteiger partial charge in [-0.3, -0.25) is 9.59 Å². The summed E-state index contributed by atoms with van der Waals surface area (Å²) in [5.41, 5.74) is 1.68. The Morgan fingerprint density at radius 3 is 2.58 bits per heavy atom. The summed E-state index contributed by atoms with van der Waals surface area (Å²) in [6.07, 6.45) is -2.45. The highest BCUT2D eigenvalue weighted by Crippen LogP contribution is 2.37. The first kappa shape index (κ1) is 21.7. The molecule has 33 heavy (non-hydrogen) atoms. The number of nitrogens with zero attached hydrogens (tertiary/aromatic N) is 1. The minimum atomic E-state index is -4.75. The van der Waals surface area contributed by atoms with E-state index >= 15 is 0 Å². The van der Waals surface area contributed by atoms with Crippen LogP contribution in [0.5, 0.6) is 5.75 Å². The summed E-state index contributed by atoms with van der Waals surface area (Å²) in [5, 5.41) is 1.42. The average molecular weight is 491 g/mol. The van der Waals surface area contributed by atoms with Crippen molar-refractivity contribution in [3.8, 4) is 16.3 Å². The molecule has 1 aliphatic carbocycles. The number of alkyl halides is 3. The molecular formula is C23H14ClF3N2O3S. The zero-order chi connectivity index (χ0) is 23.3. The Balaban J connectivity index is 1.42. The molecule has 1 unspecified atom stereocenters. The molecule has 2 aromatic heterocycles. The Hall–Kier alpha value is -3.17. The highest BCUT2D eigenvalue weighted by Gasteiger charge is 2.32. The smallest absolute Gasteiger partial charge is 0.406 e. The van der Waals surface area contributed by atoms with E-state index in [0.29, 0.717) is 38.6 Å². The number of Topliss-reactive ketones (excluding diaryl/α,β-unsaturated/α-hetero) is 1. The summed E-state index contributed by atoms with van der Waals surface area (Å²) in [6, 6.07) is 10.4. The summed E-state index contributed by atoms with van der Waals surface area (Å²) in [6.45, 7) is 0. The molecule has 10 heteroatoms. The van der Waals surface area contributed by atoms with Crippen LogP contribution in [0.4, 0.5) is 13.2 Å². The molecule has 0 saturated heterocycles. The summed E-state index contributed by atoms with van der Waals surface area (Å²) in [4.78, 5) is 34.2. The van der Waals surface area contributed by atoms with Crippen molar-refractivity contribution in [2.75, 3.05) is 0 Å². The van der Waals surface area contributed by atoms with Crippen LogP contribution in [0.25, 0.3) is 21.5 Å². The summed E-state index contributed by atoms with van der Waals surface area (Å²) >= 11 is 7.37. The first-order valence-corrected chi connectivity index (χ1v) is 11.1. The fraction of sp³-hybridized carbons (Fsp3) is 0.174. The second-order valence-electron chi connectivity index (χ2n) is 7.67. The van der Waals surface area contributed by atoms with E-state index in [-0.39, 0.29) is 34.9 Å². The van der Waals surface area contributed by atoms with Crippen molar-refractivity contribution in [3.05, 3.63) is 80.0 Å². The molecule has 1 atom stereocenters. The SMILES string of the molecule is O=C1CC(c2cnc(-c3ccc(OC(F)(F)F)cc3)s2)Cc2[nH]c3ccc(Cl)cc3c(=O)c21. The van der Waals surface area contributed by atoms with Crippen LogP contribution >= 0.6 is 22.9 Å². The van der Waals surface area contributed by atoms with E-state index in [9.17, 15) is 22.8 Å². The number of fused-ring (bicyclic) bond motifs is 2. The van der Waals surface area contributed by atoms with Gasteiger partial charge in [0.1, 0.15) is 10.8 Å². The lowest BCUT2D eigenvalue weighted by atomic mass is 9.84. The molecule has 2 heterocycles. The third-order valence-corrected chi connectivity index (χ3v) is 6.91. The normalized spacial score (nSPS) is 16.1. The average Bonchev–Trinajstić information content (AvgIpc) is 3.24. The van der Waals surface area contributed by atoms with Gasteiger partial charge in [-0.15, -0.1) is 24.5 Å². The van der Waals surface area contributed by atoms with Crippen molar-refractivity contribution in [1.29, 1.82) is 0 Å². The topological polar surface area (TPSA) is 72.0 Å². The first-order chi connectivity index (χ1) is 15.7. The van der Waals surface area contributed by atoms with Crippen LogP contribution in [-0.4, -0.2) is 22.1 Å². The van der Waals surface area contributed by atoms with Gasteiger partial charge < -0.3 is 9.72 Å². The minimum Gasteiger partial charge on any atom is -0.406 e. The molecule has 168 valence electrons. The fourth-order valence-electron chi connectivity index (χ4n) is 4.01. The molecule has 0 spiro atoms. The van der Waals surface area contributed by atoms with Gasteiger partial charge in [-0.2, -0.15) is 0 Å². The van der Waals surface area contributed by atoms with Gasteiger partial charge in [0.15, 0.2) is 5.78 Å². The number of nitrogens with one attached hydrogen (secondary N) is 1. The van der Waals surface area contributed by atoms with Crippen LogP contribution in [0.15, 0.2) is 53.5 Å². The number of ketones is 1.